The Hall–Kier alpha value is -1.07. The van der Waals surface area contributed by atoms with E-state index in [0.29, 0.717) is 11.4 Å². The molecule has 0 fully saturated rings. The summed E-state index contributed by atoms with van der Waals surface area (Å²) in [4.78, 5) is 0.428. The van der Waals surface area contributed by atoms with Crippen LogP contribution in [0.1, 0.15) is 24.5 Å². The van der Waals surface area contributed by atoms with Crippen LogP contribution in [-0.2, 0) is 10.0 Å². The van der Waals surface area contributed by atoms with Crippen molar-refractivity contribution >= 4 is 15.7 Å². The molecule has 0 atom stereocenters. The summed E-state index contributed by atoms with van der Waals surface area (Å²) >= 11 is 0. The van der Waals surface area contributed by atoms with Crippen molar-refractivity contribution in [3.63, 3.8) is 0 Å². The van der Waals surface area contributed by atoms with E-state index in [0.717, 1.165) is 23.2 Å². The largest absolute Gasteiger partial charge is 0.388 e. The van der Waals surface area contributed by atoms with Crippen LogP contribution < -0.4 is 5.32 Å². The lowest BCUT2D eigenvalue weighted by molar-refractivity contribution is 0.467. The van der Waals surface area contributed by atoms with Gasteiger partial charge in [0.05, 0.1) is 4.90 Å². The van der Waals surface area contributed by atoms with Crippen LogP contribution >= 0.6 is 0 Å². The molecule has 5 heteroatoms. The van der Waals surface area contributed by atoms with Gasteiger partial charge in [0.15, 0.2) is 0 Å². The first kappa shape index (κ1) is 15.0. The standard InChI is InChI=1S/C13H22N2O2S/c1-6-7-15(5)18(16,17)13-10(2)8-12(14-4)9-11(13)3/h8-9,14H,6-7H2,1-5H3. The maximum atomic E-state index is 12.5. The molecular formula is C13H22N2O2S. The predicted octanol–water partition coefficient (Wildman–Crippen LogP) is 2.38. The van der Waals surface area contributed by atoms with Crippen molar-refractivity contribution in [3.8, 4) is 0 Å². The third-order valence-electron chi connectivity index (χ3n) is 2.96. The van der Waals surface area contributed by atoms with Crippen molar-refractivity contribution in [2.75, 3.05) is 26.0 Å². The Balaban J connectivity index is 3.33. The van der Waals surface area contributed by atoms with E-state index in [9.17, 15) is 8.42 Å². The Morgan fingerprint density at radius 3 is 2.11 bits per heavy atom. The molecule has 0 aliphatic carbocycles. The average Bonchev–Trinajstić information content (AvgIpc) is 2.27. The lowest BCUT2D eigenvalue weighted by Crippen LogP contribution is -2.28. The second-order valence-electron chi connectivity index (χ2n) is 4.52. The molecule has 1 rings (SSSR count). The van der Waals surface area contributed by atoms with Crippen LogP contribution in [0.25, 0.3) is 0 Å². The molecule has 0 saturated carbocycles. The third kappa shape index (κ3) is 2.84. The summed E-state index contributed by atoms with van der Waals surface area (Å²) in [6.45, 7) is 6.17. The minimum Gasteiger partial charge on any atom is -0.388 e. The third-order valence-corrected chi connectivity index (χ3v) is 5.12. The fraction of sp³-hybridized carbons (Fsp3) is 0.538. The SMILES string of the molecule is CCCN(C)S(=O)(=O)c1c(C)cc(NC)cc1C. The number of anilines is 1. The molecule has 0 spiro atoms. The lowest BCUT2D eigenvalue weighted by Gasteiger charge is -2.20. The first-order valence-corrected chi connectivity index (χ1v) is 7.54. The van der Waals surface area contributed by atoms with E-state index in [1.54, 1.807) is 7.05 Å². The molecule has 102 valence electrons. The highest BCUT2D eigenvalue weighted by Gasteiger charge is 2.24. The summed E-state index contributed by atoms with van der Waals surface area (Å²) in [6, 6.07) is 3.72. The zero-order valence-corrected chi connectivity index (χ0v) is 12.6. The molecule has 0 radical (unpaired) electrons. The minimum absolute atomic E-state index is 0.428. The van der Waals surface area contributed by atoms with Gasteiger partial charge in [0.25, 0.3) is 0 Å². The van der Waals surface area contributed by atoms with Crippen LogP contribution in [-0.4, -0.2) is 33.4 Å². The number of benzene rings is 1. The molecule has 0 aromatic heterocycles. The summed E-state index contributed by atoms with van der Waals surface area (Å²) in [5.74, 6) is 0. The van der Waals surface area contributed by atoms with Crippen LogP contribution in [0.5, 0.6) is 0 Å². The van der Waals surface area contributed by atoms with Gasteiger partial charge in [-0.1, -0.05) is 6.92 Å². The molecule has 18 heavy (non-hydrogen) atoms. The van der Waals surface area contributed by atoms with E-state index in [1.165, 1.54) is 4.31 Å². The number of hydrogen-bond donors (Lipinski definition) is 1. The zero-order chi connectivity index (χ0) is 13.9. The molecule has 0 unspecified atom stereocenters. The summed E-state index contributed by atoms with van der Waals surface area (Å²) in [6.07, 6.45) is 0.808. The molecule has 0 aliphatic rings. The number of sulfonamides is 1. The van der Waals surface area contributed by atoms with Gasteiger partial charge in [0, 0.05) is 26.3 Å². The molecule has 0 bridgehead atoms. The number of hydrogen-bond acceptors (Lipinski definition) is 3. The van der Waals surface area contributed by atoms with Gasteiger partial charge in [-0.25, -0.2) is 12.7 Å². The van der Waals surface area contributed by atoms with Gasteiger partial charge in [-0.2, -0.15) is 0 Å². The van der Waals surface area contributed by atoms with Gasteiger partial charge in [0.1, 0.15) is 0 Å². The van der Waals surface area contributed by atoms with Crippen molar-refractivity contribution in [1.29, 1.82) is 0 Å². The minimum atomic E-state index is -3.38. The van der Waals surface area contributed by atoms with Crippen molar-refractivity contribution in [2.45, 2.75) is 32.1 Å². The highest BCUT2D eigenvalue weighted by molar-refractivity contribution is 7.89. The fourth-order valence-corrected chi connectivity index (χ4v) is 3.76. The van der Waals surface area contributed by atoms with E-state index in [-0.39, 0.29) is 0 Å². The Morgan fingerprint density at radius 1 is 1.22 bits per heavy atom. The Morgan fingerprint density at radius 2 is 1.72 bits per heavy atom. The fourth-order valence-electron chi connectivity index (χ4n) is 2.09. The van der Waals surface area contributed by atoms with Crippen LogP contribution in [0.4, 0.5) is 5.69 Å². The van der Waals surface area contributed by atoms with Crippen LogP contribution in [0.3, 0.4) is 0 Å². The van der Waals surface area contributed by atoms with Crippen molar-refractivity contribution in [3.05, 3.63) is 23.3 Å². The van der Waals surface area contributed by atoms with E-state index in [2.05, 4.69) is 5.32 Å². The zero-order valence-electron chi connectivity index (χ0n) is 11.7. The highest BCUT2D eigenvalue weighted by Crippen LogP contribution is 2.26. The topological polar surface area (TPSA) is 49.4 Å². The van der Waals surface area contributed by atoms with Gasteiger partial charge in [-0.15, -0.1) is 0 Å². The highest BCUT2D eigenvalue weighted by atomic mass is 32.2. The van der Waals surface area contributed by atoms with E-state index in [1.807, 2.05) is 40.0 Å². The lowest BCUT2D eigenvalue weighted by atomic mass is 10.1. The normalized spacial score (nSPS) is 11.9. The van der Waals surface area contributed by atoms with Gasteiger partial charge in [-0.05, 0) is 43.5 Å². The molecule has 0 amide bonds. The van der Waals surface area contributed by atoms with Gasteiger partial charge >= 0.3 is 0 Å². The molecule has 0 heterocycles. The molecule has 1 aromatic carbocycles. The second kappa shape index (κ2) is 5.71. The predicted molar refractivity (Wildman–Crippen MR) is 75.6 cm³/mol. The number of nitrogens with zero attached hydrogens (tertiary/aromatic N) is 1. The Labute approximate surface area is 110 Å². The summed E-state index contributed by atoms with van der Waals surface area (Å²) in [7, 11) is 0.0718. The van der Waals surface area contributed by atoms with E-state index in [4.69, 9.17) is 0 Å². The number of rotatable bonds is 5. The molecule has 1 N–H and O–H groups in total. The van der Waals surface area contributed by atoms with E-state index >= 15 is 0 Å². The average molecular weight is 270 g/mol. The van der Waals surface area contributed by atoms with Crippen LogP contribution in [0, 0.1) is 13.8 Å². The van der Waals surface area contributed by atoms with Crippen molar-refractivity contribution in [2.24, 2.45) is 0 Å². The summed E-state index contributed by atoms with van der Waals surface area (Å²) in [5.41, 5.74) is 2.49. The maximum absolute atomic E-state index is 12.5. The molecule has 1 aromatic rings. The second-order valence-corrected chi connectivity index (χ2v) is 6.50. The van der Waals surface area contributed by atoms with E-state index < -0.39 is 10.0 Å². The van der Waals surface area contributed by atoms with Crippen LogP contribution in [0.2, 0.25) is 0 Å². The number of nitrogens with one attached hydrogen (secondary N) is 1. The first-order chi connectivity index (χ1) is 8.34. The number of aryl methyl sites for hydroxylation is 2. The Kier molecular flexibility index (Phi) is 4.76. The molecule has 4 nitrogen and oxygen atoms in total. The van der Waals surface area contributed by atoms with Gasteiger partial charge in [-0.3, -0.25) is 0 Å². The van der Waals surface area contributed by atoms with Crippen molar-refractivity contribution < 1.29 is 8.42 Å². The first-order valence-electron chi connectivity index (χ1n) is 6.10. The van der Waals surface area contributed by atoms with Gasteiger partial charge in [0.2, 0.25) is 10.0 Å². The smallest absolute Gasteiger partial charge is 0.243 e. The summed E-state index contributed by atoms with van der Waals surface area (Å²) in [5, 5.41) is 3.03. The van der Waals surface area contributed by atoms with Crippen LogP contribution in [0.15, 0.2) is 17.0 Å². The van der Waals surface area contributed by atoms with Gasteiger partial charge < -0.3 is 5.32 Å². The molecule has 0 aliphatic heterocycles. The molecule has 0 saturated heterocycles. The van der Waals surface area contributed by atoms with Crippen molar-refractivity contribution in [1.82, 2.24) is 4.31 Å². The Bertz CT molecular complexity index is 501. The maximum Gasteiger partial charge on any atom is 0.243 e. The quantitative estimate of drug-likeness (QED) is 0.893. The summed E-state index contributed by atoms with van der Waals surface area (Å²) < 4.78 is 26.4. The monoisotopic (exact) mass is 270 g/mol. The molecular weight excluding hydrogens is 248 g/mol.